The maximum absolute atomic E-state index is 13.4. The summed E-state index contributed by atoms with van der Waals surface area (Å²) >= 11 is 5.96. The average Bonchev–Trinajstić information content (AvgIpc) is 2.64. The fourth-order valence-corrected chi connectivity index (χ4v) is 3.26. The highest BCUT2D eigenvalue weighted by Crippen LogP contribution is 2.27. The van der Waals surface area contributed by atoms with Gasteiger partial charge in [-0.25, -0.2) is 4.39 Å². The summed E-state index contributed by atoms with van der Waals surface area (Å²) < 4.78 is 13.4. The van der Waals surface area contributed by atoms with Crippen molar-refractivity contribution in [3.63, 3.8) is 0 Å². The molecule has 3 rings (SSSR count). The Bertz CT molecular complexity index is 900. The summed E-state index contributed by atoms with van der Waals surface area (Å²) in [5.41, 5.74) is 2.60. The molecule has 0 saturated heterocycles. The van der Waals surface area contributed by atoms with Crippen molar-refractivity contribution in [1.29, 1.82) is 0 Å². The molecular weight excluding hydrogens is 363 g/mol. The van der Waals surface area contributed by atoms with E-state index in [1.54, 1.807) is 36.4 Å². The van der Waals surface area contributed by atoms with Gasteiger partial charge >= 0.3 is 0 Å². The highest BCUT2D eigenvalue weighted by atomic mass is 35.5. The largest absolute Gasteiger partial charge is 0.325 e. The Morgan fingerprint density at radius 1 is 1.00 bits per heavy atom. The fourth-order valence-electron chi connectivity index (χ4n) is 3.07. The van der Waals surface area contributed by atoms with Crippen molar-refractivity contribution in [2.75, 3.05) is 18.9 Å². The molecular formula is C22H20ClFN2O. The Morgan fingerprint density at radius 3 is 2.33 bits per heavy atom. The van der Waals surface area contributed by atoms with Crippen molar-refractivity contribution in [1.82, 2.24) is 4.90 Å². The molecule has 1 amide bonds. The minimum Gasteiger partial charge on any atom is -0.325 e. The summed E-state index contributed by atoms with van der Waals surface area (Å²) in [5, 5.41) is 3.42. The molecule has 0 saturated carbocycles. The van der Waals surface area contributed by atoms with Crippen LogP contribution in [0.15, 0.2) is 78.9 Å². The molecule has 0 aliphatic heterocycles. The molecule has 1 atom stereocenters. The molecule has 0 bridgehead atoms. The predicted octanol–water partition coefficient (Wildman–Crippen LogP) is 5.14. The first-order valence-electron chi connectivity index (χ1n) is 8.59. The number of benzene rings is 3. The zero-order valence-electron chi connectivity index (χ0n) is 14.9. The van der Waals surface area contributed by atoms with Crippen LogP contribution >= 0.6 is 11.6 Å². The first-order valence-corrected chi connectivity index (χ1v) is 8.97. The third kappa shape index (κ3) is 5.16. The van der Waals surface area contributed by atoms with Gasteiger partial charge in [-0.15, -0.1) is 0 Å². The zero-order valence-corrected chi connectivity index (χ0v) is 15.7. The lowest BCUT2D eigenvalue weighted by Crippen LogP contribution is -2.34. The van der Waals surface area contributed by atoms with Gasteiger partial charge in [0.15, 0.2) is 0 Å². The van der Waals surface area contributed by atoms with Gasteiger partial charge in [0.05, 0.1) is 12.6 Å². The van der Waals surface area contributed by atoms with Crippen LogP contribution in [0.3, 0.4) is 0 Å². The Balaban J connectivity index is 1.79. The normalized spacial score (nSPS) is 12.0. The molecule has 0 spiro atoms. The fraction of sp³-hybridized carbons (Fsp3) is 0.136. The van der Waals surface area contributed by atoms with Gasteiger partial charge in [-0.3, -0.25) is 9.69 Å². The standard InChI is InChI=1S/C22H20ClFN2O/c1-26(15-21(27)25-20-9-5-8-18(23)14-20)22(16-6-3-2-4-7-16)17-10-12-19(24)13-11-17/h2-14,22H,15H2,1H3,(H,25,27)/t22-/m1/s1. The van der Waals surface area contributed by atoms with Gasteiger partial charge in [-0.1, -0.05) is 60.1 Å². The quantitative estimate of drug-likeness (QED) is 0.640. The van der Waals surface area contributed by atoms with Gasteiger partial charge in [0.25, 0.3) is 0 Å². The lowest BCUT2D eigenvalue weighted by atomic mass is 9.97. The second-order valence-electron chi connectivity index (χ2n) is 6.34. The van der Waals surface area contributed by atoms with Crippen LogP contribution in [-0.2, 0) is 4.79 Å². The van der Waals surface area contributed by atoms with E-state index in [9.17, 15) is 9.18 Å². The van der Waals surface area contributed by atoms with Crippen LogP contribution in [0, 0.1) is 5.82 Å². The smallest absolute Gasteiger partial charge is 0.238 e. The summed E-state index contributed by atoms with van der Waals surface area (Å²) in [6, 6.07) is 23.1. The van der Waals surface area contributed by atoms with Crippen molar-refractivity contribution < 1.29 is 9.18 Å². The number of amides is 1. The SMILES string of the molecule is CN(CC(=O)Nc1cccc(Cl)c1)[C@H](c1ccccc1)c1ccc(F)cc1. The van der Waals surface area contributed by atoms with Gasteiger partial charge in [0.1, 0.15) is 5.82 Å². The minimum atomic E-state index is -0.285. The molecule has 0 heterocycles. The van der Waals surface area contributed by atoms with E-state index in [0.29, 0.717) is 10.7 Å². The highest BCUT2D eigenvalue weighted by Gasteiger charge is 2.21. The van der Waals surface area contributed by atoms with Crippen LogP contribution < -0.4 is 5.32 Å². The minimum absolute atomic E-state index is 0.150. The summed E-state index contributed by atoms with van der Waals surface area (Å²) in [6.45, 7) is 0.170. The van der Waals surface area contributed by atoms with Gasteiger partial charge in [0, 0.05) is 10.7 Å². The molecule has 27 heavy (non-hydrogen) atoms. The van der Waals surface area contributed by atoms with Crippen LogP contribution in [0.2, 0.25) is 5.02 Å². The van der Waals surface area contributed by atoms with Crippen LogP contribution in [-0.4, -0.2) is 24.4 Å². The molecule has 138 valence electrons. The van der Waals surface area contributed by atoms with E-state index >= 15 is 0 Å². The maximum Gasteiger partial charge on any atom is 0.238 e. The van der Waals surface area contributed by atoms with E-state index in [1.807, 2.05) is 42.3 Å². The van der Waals surface area contributed by atoms with Crippen LogP contribution in [0.1, 0.15) is 17.2 Å². The van der Waals surface area contributed by atoms with Crippen LogP contribution in [0.5, 0.6) is 0 Å². The van der Waals surface area contributed by atoms with Crippen molar-refractivity contribution >= 4 is 23.2 Å². The molecule has 3 aromatic carbocycles. The van der Waals surface area contributed by atoms with E-state index in [1.165, 1.54) is 12.1 Å². The Hall–Kier alpha value is -2.69. The van der Waals surface area contributed by atoms with E-state index in [-0.39, 0.29) is 24.3 Å². The molecule has 0 fully saturated rings. The monoisotopic (exact) mass is 382 g/mol. The number of likely N-dealkylation sites (N-methyl/N-ethyl adjacent to an activating group) is 1. The molecule has 1 N–H and O–H groups in total. The Labute approximate surface area is 163 Å². The molecule has 0 unspecified atom stereocenters. The van der Waals surface area contributed by atoms with E-state index < -0.39 is 0 Å². The van der Waals surface area contributed by atoms with E-state index in [2.05, 4.69) is 5.32 Å². The number of halogens is 2. The summed E-state index contributed by atoms with van der Waals surface area (Å²) in [7, 11) is 1.87. The number of carbonyl (C=O) groups is 1. The number of rotatable bonds is 6. The number of nitrogens with one attached hydrogen (secondary N) is 1. The van der Waals surface area contributed by atoms with E-state index in [0.717, 1.165) is 11.1 Å². The van der Waals surface area contributed by atoms with Crippen molar-refractivity contribution in [2.45, 2.75) is 6.04 Å². The summed E-state index contributed by atoms with van der Waals surface area (Å²) in [6.07, 6.45) is 0. The highest BCUT2D eigenvalue weighted by molar-refractivity contribution is 6.30. The number of hydrogen-bond acceptors (Lipinski definition) is 2. The summed E-state index contributed by atoms with van der Waals surface area (Å²) in [5.74, 6) is -0.435. The maximum atomic E-state index is 13.4. The van der Waals surface area contributed by atoms with E-state index in [4.69, 9.17) is 11.6 Å². The van der Waals surface area contributed by atoms with Crippen molar-refractivity contribution in [3.05, 3.63) is 101 Å². The van der Waals surface area contributed by atoms with Crippen molar-refractivity contribution in [3.8, 4) is 0 Å². The van der Waals surface area contributed by atoms with Crippen molar-refractivity contribution in [2.24, 2.45) is 0 Å². The second kappa shape index (κ2) is 8.80. The van der Waals surface area contributed by atoms with Gasteiger partial charge in [-0.2, -0.15) is 0 Å². The molecule has 0 aliphatic rings. The molecule has 3 nitrogen and oxygen atoms in total. The van der Waals surface area contributed by atoms with Gasteiger partial charge in [0.2, 0.25) is 5.91 Å². The Morgan fingerprint density at radius 2 is 1.67 bits per heavy atom. The second-order valence-corrected chi connectivity index (χ2v) is 6.77. The molecule has 0 radical (unpaired) electrons. The zero-order chi connectivity index (χ0) is 19.2. The molecule has 0 aliphatic carbocycles. The topological polar surface area (TPSA) is 32.3 Å². The lowest BCUT2D eigenvalue weighted by Gasteiger charge is -2.28. The third-order valence-electron chi connectivity index (χ3n) is 4.24. The Kier molecular flexibility index (Phi) is 6.22. The predicted molar refractivity (Wildman–Crippen MR) is 107 cm³/mol. The third-order valence-corrected chi connectivity index (χ3v) is 4.48. The number of nitrogens with zero attached hydrogens (tertiary/aromatic N) is 1. The first kappa shape index (κ1) is 19.1. The number of carbonyl (C=O) groups excluding carboxylic acids is 1. The van der Waals surface area contributed by atoms with Crippen LogP contribution in [0.25, 0.3) is 0 Å². The average molecular weight is 383 g/mol. The first-order chi connectivity index (χ1) is 13.0. The van der Waals surface area contributed by atoms with Gasteiger partial charge < -0.3 is 5.32 Å². The lowest BCUT2D eigenvalue weighted by molar-refractivity contribution is -0.117. The van der Waals surface area contributed by atoms with Crippen LogP contribution in [0.4, 0.5) is 10.1 Å². The summed E-state index contributed by atoms with van der Waals surface area (Å²) in [4.78, 5) is 14.4. The molecule has 3 aromatic rings. The number of hydrogen-bond donors (Lipinski definition) is 1. The molecule has 5 heteroatoms. The number of anilines is 1. The van der Waals surface area contributed by atoms with Gasteiger partial charge in [-0.05, 0) is 48.5 Å². The molecule has 0 aromatic heterocycles.